The fraction of sp³-hybridized carbons (Fsp3) is 0.360. The van der Waals surface area contributed by atoms with Crippen molar-refractivity contribution in [3.63, 3.8) is 0 Å². The fourth-order valence-corrected chi connectivity index (χ4v) is 4.16. The van der Waals surface area contributed by atoms with Gasteiger partial charge in [0.05, 0.1) is 12.2 Å². The van der Waals surface area contributed by atoms with Crippen LogP contribution in [0.4, 0.5) is 10.1 Å². The number of piperidine rings is 1. The van der Waals surface area contributed by atoms with Crippen LogP contribution in [0.1, 0.15) is 29.8 Å². The zero-order valence-electron chi connectivity index (χ0n) is 19.2. The van der Waals surface area contributed by atoms with Crippen molar-refractivity contribution in [3.8, 4) is 0 Å². The van der Waals surface area contributed by atoms with E-state index in [0.29, 0.717) is 12.2 Å². The van der Waals surface area contributed by atoms with E-state index < -0.39 is 0 Å². The molecule has 1 atom stereocenters. The molecule has 0 aliphatic carbocycles. The fourth-order valence-electron chi connectivity index (χ4n) is 4.16. The second-order valence-electron chi connectivity index (χ2n) is 8.27. The molecular weight excluding hydrogens is 530 g/mol. The summed E-state index contributed by atoms with van der Waals surface area (Å²) in [4.78, 5) is 11.0. The third-order valence-electron chi connectivity index (χ3n) is 5.84. The van der Waals surface area contributed by atoms with Crippen molar-refractivity contribution in [3.05, 3.63) is 83.7 Å². The quantitative estimate of drug-likeness (QED) is 0.267. The number of nitrogens with one attached hydrogen (secondary N) is 2. The number of guanidine groups is 1. The molecule has 0 amide bonds. The second kappa shape index (κ2) is 12.0. The van der Waals surface area contributed by atoms with Crippen molar-refractivity contribution >= 4 is 35.6 Å². The normalized spacial score (nSPS) is 16.3. The molecule has 1 aromatic heterocycles. The van der Waals surface area contributed by atoms with E-state index in [1.54, 1.807) is 13.1 Å². The molecule has 2 aromatic carbocycles. The van der Waals surface area contributed by atoms with Crippen molar-refractivity contribution in [1.29, 1.82) is 0 Å². The summed E-state index contributed by atoms with van der Waals surface area (Å²) in [5.41, 5.74) is 2.99. The molecule has 2 N–H and O–H groups in total. The van der Waals surface area contributed by atoms with Gasteiger partial charge < -0.3 is 20.1 Å². The van der Waals surface area contributed by atoms with Crippen LogP contribution in [0.25, 0.3) is 0 Å². The summed E-state index contributed by atoms with van der Waals surface area (Å²) < 4.78 is 16.5. The van der Waals surface area contributed by atoms with Crippen molar-refractivity contribution in [2.45, 2.75) is 38.9 Å². The number of halogens is 2. The first-order valence-corrected chi connectivity index (χ1v) is 11.1. The third kappa shape index (κ3) is 6.69. The molecule has 0 spiro atoms. The maximum Gasteiger partial charge on any atom is 0.191 e. The van der Waals surface area contributed by atoms with Gasteiger partial charge in [0.15, 0.2) is 5.96 Å². The predicted molar refractivity (Wildman–Crippen MR) is 143 cm³/mol. The molecule has 0 bridgehead atoms. The number of anilines is 1. The number of rotatable bonds is 6. The Morgan fingerprint density at radius 2 is 2.03 bits per heavy atom. The number of imidazole rings is 1. The van der Waals surface area contributed by atoms with Gasteiger partial charge in [-0.1, -0.05) is 36.4 Å². The van der Waals surface area contributed by atoms with E-state index in [-0.39, 0.29) is 35.8 Å². The standard InChI is InChI=1S/C25H31FN6.HI/c1-19-10-11-22(26)23(15-19)31-13-6-9-21(18-31)30-25(27-2)29-16-24-28-12-14-32(24)17-20-7-4-3-5-8-20;/h3-5,7-8,10-12,14-15,21H,6,9,13,16-18H2,1-2H3,(H2,27,29,30);1H. The molecule has 6 nitrogen and oxygen atoms in total. The Bertz CT molecular complexity index is 1050. The van der Waals surface area contributed by atoms with Gasteiger partial charge in [-0.3, -0.25) is 4.99 Å². The van der Waals surface area contributed by atoms with Crippen LogP contribution in [0, 0.1) is 12.7 Å². The Balaban J connectivity index is 0.00000306. The van der Waals surface area contributed by atoms with E-state index >= 15 is 0 Å². The van der Waals surface area contributed by atoms with Crippen LogP contribution in [-0.2, 0) is 13.1 Å². The minimum atomic E-state index is -0.163. The highest BCUT2D eigenvalue weighted by Crippen LogP contribution is 2.24. The molecule has 1 saturated heterocycles. The number of nitrogens with zero attached hydrogens (tertiary/aromatic N) is 4. The van der Waals surface area contributed by atoms with E-state index in [2.05, 4.69) is 42.2 Å². The lowest BCUT2D eigenvalue weighted by Gasteiger charge is -2.35. The Kier molecular flexibility index (Phi) is 9.11. The lowest BCUT2D eigenvalue weighted by Crippen LogP contribution is -2.51. The molecule has 8 heteroatoms. The van der Waals surface area contributed by atoms with Gasteiger partial charge in [-0.15, -0.1) is 24.0 Å². The van der Waals surface area contributed by atoms with Gasteiger partial charge in [-0.05, 0) is 43.0 Å². The van der Waals surface area contributed by atoms with Crippen molar-refractivity contribution in [1.82, 2.24) is 20.2 Å². The third-order valence-corrected chi connectivity index (χ3v) is 5.84. The summed E-state index contributed by atoms with van der Waals surface area (Å²) >= 11 is 0. The van der Waals surface area contributed by atoms with Crippen LogP contribution in [0.3, 0.4) is 0 Å². The SMILES string of the molecule is CN=C(NCc1nccn1Cc1ccccc1)NC1CCCN(c2cc(C)ccc2F)C1.I. The number of aromatic nitrogens is 2. The minimum Gasteiger partial charge on any atom is -0.367 e. The highest BCUT2D eigenvalue weighted by molar-refractivity contribution is 14.0. The van der Waals surface area contributed by atoms with Gasteiger partial charge in [0, 0.05) is 45.1 Å². The highest BCUT2D eigenvalue weighted by atomic mass is 127. The van der Waals surface area contributed by atoms with Gasteiger partial charge in [-0.2, -0.15) is 0 Å². The molecule has 0 saturated carbocycles. The first-order valence-electron chi connectivity index (χ1n) is 11.1. The molecule has 1 aliphatic heterocycles. The van der Waals surface area contributed by atoms with E-state index in [1.165, 1.54) is 5.56 Å². The minimum absolute atomic E-state index is 0. The number of hydrogen-bond donors (Lipinski definition) is 2. The van der Waals surface area contributed by atoms with Gasteiger partial charge in [0.25, 0.3) is 0 Å². The number of aryl methyl sites for hydroxylation is 1. The van der Waals surface area contributed by atoms with Gasteiger partial charge in [-0.25, -0.2) is 9.37 Å². The number of benzene rings is 2. The van der Waals surface area contributed by atoms with E-state index in [9.17, 15) is 4.39 Å². The summed E-state index contributed by atoms with van der Waals surface area (Å²) in [6.45, 7) is 4.95. The van der Waals surface area contributed by atoms with Crippen molar-refractivity contribution < 1.29 is 4.39 Å². The van der Waals surface area contributed by atoms with Crippen LogP contribution >= 0.6 is 24.0 Å². The molecule has 4 rings (SSSR count). The summed E-state index contributed by atoms with van der Waals surface area (Å²) in [5.74, 6) is 1.52. The van der Waals surface area contributed by atoms with Crippen LogP contribution < -0.4 is 15.5 Å². The number of hydrogen-bond acceptors (Lipinski definition) is 3. The van der Waals surface area contributed by atoms with Crippen LogP contribution in [0.15, 0.2) is 65.9 Å². The Morgan fingerprint density at radius 3 is 2.82 bits per heavy atom. The summed E-state index contributed by atoms with van der Waals surface area (Å²) in [7, 11) is 1.77. The molecule has 176 valence electrons. The first-order chi connectivity index (χ1) is 15.6. The van der Waals surface area contributed by atoms with E-state index in [4.69, 9.17) is 0 Å². The Labute approximate surface area is 212 Å². The predicted octanol–water partition coefficient (Wildman–Crippen LogP) is 4.33. The van der Waals surface area contributed by atoms with Gasteiger partial charge in [0.1, 0.15) is 11.6 Å². The van der Waals surface area contributed by atoms with Crippen molar-refractivity contribution in [2.75, 3.05) is 25.0 Å². The summed E-state index contributed by atoms with van der Waals surface area (Å²) in [6, 6.07) is 15.8. The van der Waals surface area contributed by atoms with Gasteiger partial charge >= 0.3 is 0 Å². The molecule has 0 radical (unpaired) electrons. The Hall–Kier alpha value is -2.62. The highest BCUT2D eigenvalue weighted by Gasteiger charge is 2.23. The monoisotopic (exact) mass is 562 g/mol. The smallest absolute Gasteiger partial charge is 0.191 e. The molecule has 3 aromatic rings. The molecule has 1 aliphatic rings. The van der Waals surface area contributed by atoms with Crippen LogP contribution in [0.5, 0.6) is 0 Å². The first kappa shape index (κ1) is 25.0. The zero-order chi connectivity index (χ0) is 22.3. The van der Waals surface area contributed by atoms with Crippen LogP contribution in [0.2, 0.25) is 0 Å². The average molecular weight is 562 g/mol. The maximum atomic E-state index is 14.4. The van der Waals surface area contributed by atoms with E-state index in [0.717, 1.165) is 49.8 Å². The largest absolute Gasteiger partial charge is 0.367 e. The molecule has 33 heavy (non-hydrogen) atoms. The topological polar surface area (TPSA) is 57.5 Å². The lowest BCUT2D eigenvalue weighted by atomic mass is 10.0. The summed E-state index contributed by atoms with van der Waals surface area (Å²) in [6.07, 6.45) is 5.85. The van der Waals surface area contributed by atoms with Crippen LogP contribution in [-0.4, -0.2) is 41.7 Å². The molecular formula is C25H32FIN6. The van der Waals surface area contributed by atoms with Gasteiger partial charge in [0.2, 0.25) is 0 Å². The zero-order valence-corrected chi connectivity index (χ0v) is 21.5. The molecule has 2 heterocycles. The maximum absolute atomic E-state index is 14.4. The van der Waals surface area contributed by atoms with E-state index in [1.807, 2.05) is 49.6 Å². The molecule has 1 unspecified atom stereocenters. The Morgan fingerprint density at radius 1 is 1.21 bits per heavy atom. The lowest BCUT2D eigenvalue weighted by molar-refractivity contribution is 0.462. The average Bonchev–Trinajstić information content (AvgIpc) is 3.26. The number of aliphatic imine (C=N–C) groups is 1. The molecule has 1 fully saturated rings. The summed E-state index contributed by atoms with van der Waals surface area (Å²) in [5, 5.41) is 6.89. The second-order valence-corrected chi connectivity index (χ2v) is 8.27. The van der Waals surface area contributed by atoms with Crippen molar-refractivity contribution in [2.24, 2.45) is 4.99 Å².